The zero-order valence-electron chi connectivity index (χ0n) is 14.9. The highest BCUT2D eigenvalue weighted by atomic mass is 16.5. The van der Waals surface area contributed by atoms with Crippen LogP contribution in [0.3, 0.4) is 0 Å². The Morgan fingerprint density at radius 1 is 1.26 bits per heavy atom. The highest BCUT2D eigenvalue weighted by molar-refractivity contribution is 6.24. The van der Waals surface area contributed by atoms with Crippen molar-refractivity contribution in [1.29, 1.82) is 0 Å². The average Bonchev–Trinajstić information content (AvgIpc) is 2.67. The van der Waals surface area contributed by atoms with Crippen molar-refractivity contribution in [2.45, 2.75) is 12.5 Å². The topological polar surface area (TPSA) is 114 Å². The van der Waals surface area contributed by atoms with Gasteiger partial charge in [-0.1, -0.05) is 6.07 Å². The van der Waals surface area contributed by atoms with Gasteiger partial charge in [0.1, 0.15) is 23.1 Å². The Labute approximate surface area is 155 Å². The number of carbonyl (C=O) groups excluding carboxylic acids is 4. The Bertz CT molecular complexity index is 847. The van der Waals surface area contributed by atoms with E-state index in [1.807, 2.05) is 0 Å². The monoisotopic (exact) mass is 373 g/mol. The summed E-state index contributed by atoms with van der Waals surface area (Å²) in [5.41, 5.74) is 0.0628. The van der Waals surface area contributed by atoms with Gasteiger partial charge in [0, 0.05) is 31.3 Å². The summed E-state index contributed by atoms with van der Waals surface area (Å²) in [5.74, 6) is -1.94. The summed E-state index contributed by atoms with van der Waals surface area (Å²) in [6.07, 6.45) is -0.225. The molecule has 0 bridgehead atoms. The lowest BCUT2D eigenvalue weighted by Crippen LogP contribution is -2.57. The van der Waals surface area contributed by atoms with Crippen molar-refractivity contribution in [3.63, 3.8) is 0 Å². The number of piperazine rings is 1. The van der Waals surface area contributed by atoms with Gasteiger partial charge in [-0.05, 0) is 12.1 Å². The Kier molecular flexibility index (Phi) is 5.11. The van der Waals surface area contributed by atoms with Crippen LogP contribution in [0, 0.1) is 0 Å². The van der Waals surface area contributed by atoms with Crippen molar-refractivity contribution in [2.75, 3.05) is 32.6 Å². The zero-order chi connectivity index (χ0) is 19.6. The number of hydrogen-bond acceptors (Lipinski definition) is 7. The summed E-state index contributed by atoms with van der Waals surface area (Å²) in [4.78, 5) is 51.1. The molecule has 1 aromatic carbocycles. The van der Waals surface area contributed by atoms with Crippen LogP contribution in [0.5, 0.6) is 5.75 Å². The van der Waals surface area contributed by atoms with E-state index in [-0.39, 0.29) is 17.7 Å². The van der Waals surface area contributed by atoms with E-state index in [2.05, 4.69) is 15.4 Å². The Balaban J connectivity index is 1.91. The molecular formula is C18H19N3O6. The van der Waals surface area contributed by atoms with Crippen LogP contribution in [0.25, 0.3) is 0 Å². The Hall–Kier alpha value is -3.36. The number of carbonyl (C=O) groups is 4. The summed E-state index contributed by atoms with van der Waals surface area (Å²) >= 11 is 0. The molecule has 9 heteroatoms. The van der Waals surface area contributed by atoms with Gasteiger partial charge in [-0.25, -0.2) is 4.79 Å². The standard InChI is InChI=1S/C18H19N3O6/c1-26-11-5-3-4-10(8-11)20-16(23)12-9-13(22)14(18(25)27-2)15-17(24)19-6-7-21(12)15/h3-5,8,12H,6-7,9H2,1-2H3,(H,19,24)(H,20,23). The van der Waals surface area contributed by atoms with Gasteiger partial charge in [-0.2, -0.15) is 0 Å². The number of Topliss-reactive ketones (excluding diaryl/α,β-unsaturated/α-hetero) is 1. The molecule has 3 rings (SSSR count). The normalized spacial score (nSPS) is 19.2. The van der Waals surface area contributed by atoms with Gasteiger partial charge in [0.15, 0.2) is 5.78 Å². The van der Waals surface area contributed by atoms with Gasteiger partial charge in [0.25, 0.3) is 5.91 Å². The van der Waals surface area contributed by atoms with Crippen molar-refractivity contribution in [2.24, 2.45) is 0 Å². The van der Waals surface area contributed by atoms with E-state index in [0.717, 1.165) is 7.11 Å². The molecule has 1 saturated heterocycles. The summed E-state index contributed by atoms with van der Waals surface area (Å²) < 4.78 is 9.76. The molecule has 1 unspecified atom stereocenters. The fraction of sp³-hybridized carbons (Fsp3) is 0.333. The lowest BCUT2D eigenvalue weighted by Gasteiger charge is -2.40. The number of methoxy groups -OCH3 is 2. The summed E-state index contributed by atoms with van der Waals surface area (Å²) in [6.45, 7) is 0.596. The third-order valence-electron chi connectivity index (χ3n) is 4.44. The van der Waals surface area contributed by atoms with E-state index in [4.69, 9.17) is 4.74 Å². The molecule has 0 aliphatic carbocycles. The molecule has 1 atom stereocenters. The van der Waals surface area contributed by atoms with Crippen molar-refractivity contribution in [1.82, 2.24) is 10.2 Å². The highest BCUT2D eigenvalue weighted by Crippen LogP contribution is 2.28. The van der Waals surface area contributed by atoms with Crippen LogP contribution < -0.4 is 15.4 Å². The number of hydrogen-bond donors (Lipinski definition) is 2. The number of rotatable bonds is 4. The molecule has 9 nitrogen and oxygen atoms in total. The van der Waals surface area contributed by atoms with Crippen molar-refractivity contribution in [3.05, 3.63) is 35.5 Å². The van der Waals surface area contributed by atoms with Crippen molar-refractivity contribution < 1.29 is 28.7 Å². The molecule has 2 aliphatic rings. The SMILES string of the molecule is COC(=O)C1=C2C(=O)NCCN2C(C(=O)Nc2cccc(OC)c2)CC1=O. The number of esters is 1. The number of nitrogens with one attached hydrogen (secondary N) is 2. The maximum absolute atomic E-state index is 12.8. The summed E-state index contributed by atoms with van der Waals surface area (Å²) in [5, 5.41) is 5.32. The van der Waals surface area contributed by atoms with E-state index in [1.165, 1.54) is 12.0 Å². The number of nitrogens with zero attached hydrogens (tertiary/aromatic N) is 1. The van der Waals surface area contributed by atoms with Crippen LogP contribution in [0.15, 0.2) is 35.5 Å². The molecule has 0 spiro atoms. The number of fused-ring (bicyclic) bond motifs is 1. The average molecular weight is 373 g/mol. The van der Waals surface area contributed by atoms with E-state index in [0.29, 0.717) is 24.5 Å². The number of ether oxygens (including phenoxy) is 2. The number of benzene rings is 1. The van der Waals surface area contributed by atoms with Gasteiger partial charge in [-0.3, -0.25) is 14.4 Å². The van der Waals surface area contributed by atoms with Crippen LogP contribution in [-0.2, 0) is 23.9 Å². The maximum Gasteiger partial charge on any atom is 0.343 e. The fourth-order valence-corrected chi connectivity index (χ4v) is 3.18. The molecule has 27 heavy (non-hydrogen) atoms. The smallest absolute Gasteiger partial charge is 0.343 e. The van der Waals surface area contributed by atoms with Crippen molar-refractivity contribution in [3.8, 4) is 5.75 Å². The van der Waals surface area contributed by atoms with E-state index < -0.39 is 29.6 Å². The molecule has 0 radical (unpaired) electrons. The molecule has 2 amide bonds. The maximum atomic E-state index is 12.8. The third-order valence-corrected chi connectivity index (χ3v) is 4.44. The first-order valence-electron chi connectivity index (χ1n) is 8.31. The molecule has 0 aromatic heterocycles. The van der Waals surface area contributed by atoms with Crippen LogP contribution >= 0.6 is 0 Å². The van der Waals surface area contributed by atoms with E-state index in [1.54, 1.807) is 24.3 Å². The Morgan fingerprint density at radius 3 is 2.74 bits per heavy atom. The molecular weight excluding hydrogens is 354 g/mol. The largest absolute Gasteiger partial charge is 0.497 e. The molecule has 2 N–H and O–H groups in total. The Morgan fingerprint density at radius 2 is 2.04 bits per heavy atom. The first kappa shape index (κ1) is 18.4. The van der Waals surface area contributed by atoms with Gasteiger partial charge in [-0.15, -0.1) is 0 Å². The molecule has 2 aliphatic heterocycles. The summed E-state index contributed by atoms with van der Waals surface area (Å²) in [7, 11) is 2.65. The predicted molar refractivity (Wildman–Crippen MR) is 93.8 cm³/mol. The lowest BCUT2D eigenvalue weighted by molar-refractivity contribution is -0.141. The zero-order valence-corrected chi connectivity index (χ0v) is 14.9. The minimum absolute atomic E-state index is 0.116. The number of amides is 2. The predicted octanol–water partition coefficient (Wildman–Crippen LogP) is -0.166. The number of ketones is 1. The second-order valence-corrected chi connectivity index (χ2v) is 6.03. The second kappa shape index (κ2) is 7.48. The van der Waals surface area contributed by atoms with Gasteiger partial charge < -0.3 is 25.0 Å². The lowest BCUT2D eigenvalue weighted by atomic mass is 9.92. The number of anilines is 1. The van der Waals surface area contributed by atoms with Crippen LogP contribution in [0.1, 0.15) is 6.42 Å². The third kappa shape index (κ3) is 3.48. The summed E-state index contributed by atoms with van der Waals surface area (Å²) in [6, 6.07) is 5.87. The molecule has 2 heterocycles. The van der Waals surface area contributed by atoms with Crippen LogP contribution in [0.4, 0.5) is 5.69 Å². The minimum Gasteiger partial charge on any atom is -0.497 e. The van der Waals surface area contributed by atoms with Gasteiger partial charge in [0.05, 0.1) is 14.2 Å². The second-order valence-electron chi connectivity index (χ2n) is 6.03. The highest BCUT2D eigenvalue weighted by Gasteiger charge is 2.44. The van der Waals surface area contributed by atoms with Crippen molar-refractivity contribution >= 4 is 29.3 Å². The molecule has 0 saturated carbocycles. The van der Waals surface area contributed by atoms with Gasteiger partial charge in [0.2, 0.25) is 5.91 Å². The van der Waals surface area contributed by atoms with Crippen LogP contribution in [-0.4, -0.2) is 61.8 Å². The quantitative estimate of drug-likeness (QED) is 0.556. The fourth-order valence-electron chi connectivity index (χ4n) is 3.18. The molecule has 1 fully saturated rings. The van der Waals surface area contributed by atoms with E-state index in [9.17, 15) is 19.2 Å². The molecule has 142 valence electrons. The van der Waals surface area contributed by atoms with Crippen LogP contribution in [0.2, 0.25) is 0 Å². The molecule has 1 aromatic rings. The first-order chi connectivity index (χ1) is 13.0. The van der Waals surface area contributed by atoms with E-state index >= 15 is 0 Å². The first-order valence-corrected chi connectivity index (χ1v) is 8.31. The van der Waals surface area contributed by atoms with Gasteiger partial charge >= 0.3 is 5.97 Å². The minimum atomic E-state index is -0.904.